The van der Waals surface area contributed by atoms with Crippen LogP contribution in [0.3, 0.4) is 0 Å². The van der Waals surface area contributed by atoms with Crippen LogP contribution in [-0.2, 0) is 0 Å². The van der Waals surface area contributed by atoms with E-state index >= 15 is 0 Å². The van der Waals surface area contributed by atoms with Crippen molar-refractivity contribution in [1.82, 2.24) is 0 Å². The lowest BCUT2D eigenvalue weighted by atomic mass is 10.1. The van der Waals surface area contributed by atoms with Crippen LogP contribution < -0.4 is 10.5 Å². The van der Waals surface area contributed by atoms with E-state index in [9.17, 15) is 0 Å². The van der Waals surface area contributed by atoms with Gasteiger partial charge in [-0.25, -0.2) is 0 Å². The van der Waals surface area contributed by atoms with Gasteiger partial charge in [-0.2, -0.15) is 0 Å². The number of benzene rings is 2. The molecule has 0 heterocycles. The Labute approximate surface area is 130 Å². The molecule has 0 fully saturated rings. The number of hydrogen-bond acceptors (Lipinski definition) is 2. The minimum atomic E-state index is -0.269. The van der Waals surface area contributed by atoms with Crippen molar-refractivity contribution in [1.29, 1.82) is 0 Å². The number of rotatable bonds is 4. The topological polar surface area (TPSA) is 35.2 Å². The predicted molar refractivity (Wildman–Crippen MR) is 83.0 cm³/mol. The molecule has 2 rings (SSSR count). The summed E-state index contributed by atoms with van der Waals surface area (Å²) in [4.78, 5) is 0. The van der Waals surface area contributed by atoms with Crippen molar-refractivity contribution >= 4 is 39.1 Å². The molecule has 19 heavy (non-hydrogen) atoms. The van der Waals surface area contributed by atoms with E-state index in [1.807, 2.05) is 24.3 Å². The molecule has 0 aliphatic rings. The molecule has 0 aliphatic heterocycles. The highest BCUT2D eigenvalue weighted by Gasteiger charge is 2.16. The Morgan fingerprint density at radius 2 is 1.89 bits per heavy atom. The van der Waals surface area contributed by atoms with E-state index < -0.39 is 0 Å². The van der Waals surface area contributed by atoms with Crippen molar-refractivity contribution in [2.75, 3.05) is 6.54 Å². The molecule has 2 aromatic carbocycles. The Bertz CT molecular complexity index is 577. The fourth-order valence-electron chi connectivity index (χ4n) is 1.70. The van der Waals surface area contributed by atoms with Crippen molar-refractivity contribution in [3.63, 3.8) is 0 Å². The Balaban J connectivity index is 2.27. The van der Waals surface area contributed by atoms with Crippen molar-refractivity contribution in [2.45, 2.75) is 6.10 Å². The van der Waals surface area contributed by atoms with Crippen molar-refractivity contribution in [2.24, 2.45) is 5.73 Å². The molecule has 5 heteroatoms. The predicted octanol–water partition coefficient (Wildman–Crippen LogP) is 4.83. The van der Waals surface area contributed by atoms with Gasteiger partial charge in [0.05, 0.1) is 5.02 Å². The van der Waals surface area contributed by atoms with E-state index in [0.29, 0.717) is 22.3 Å². The maximum absolute atomic E-state index is 6.10. The highest BCUT2D eigenvalue weighted by atomic mass is 79.9. The van der Waals surface area contributed by atoms with Gasteiger partial charge in [0.2, 0.25) is 0 Å². The second-order valence-corrected chi connectivity index (χ2v) is 5.64. The average molecular weight is 361 g/mol. The van der Waals surface area contributed by atoms with Crippen molar-refractivity contribution < 1.29 is 4.74 Å². The third kappa shape index (κ3) is 3.63. The Kier molecular flexibility index (Phi) is 5.11. The smallest absolute Gasteiger partial charge is 0.139 e. The quantitative estimate of drug-likeness (QED) is 0.846. The molecule has 0 spiro atoms. The van der Waals surface area contributed by atoms with Gasteiger partial charge in [-0.1, -0.05) is 57.3 Å². The lowest BCUT2D eigenvalue weighted by Crippen LogP contribution is -2.19. The lowest BCUT2D eigenvalue weighted by Gasteiger charge is -2.19. The van der Waals surface area contributed by atoms with Crippen LogP contribution in [-0.4, -0.2) is 6.54 Å². The standard InChI is InChI=1S/C14H12BrCl2NO/c15-11-4-2-1-3-10(11)14(8-18)19-13-6-5-9(16)7-12(13)17/h1-7,14H,8,18H2. The monoisotopic (exact) mass is 359 g/mol. The molecule has 2 N–H and O–H groups in total. The first-order valence-corrected chi connectivity index (χ1v) is 7.23. The van der Waals surface area contributed by atoms with E-state index in [1.165, 1.54) is 0 Å². The van der Waals surface area contributed by atoms with Gasteiger partial charge in [0, 0.05) is 21.6 Å². The van der Waals surface area contributed by atoms with E-state index in [1.54, 1.807) is 18.2 Å². The SMILES string of the molecule is NCC(Oc1ccc(Cl)cc1Cl)c1ccccc1Br. The second kappa shape index (κ2) is 6.62. The minimum absolute atomic E-state index is 0.269. The second-order valence-electron chi connectivity index (χ2n) is 3.94. The minimum Gasteiger partial charge on any atom is -0.483 e. The zero-order valence-electron chi connectivity index (χ0n) is 9.95. The molecule has 0 bridgehead atoms. The summed E-state index contributed by atoms with van der Waals surface area (Å²) in [7, 11) is 0. The maximum atomic E-state index is 6.10. The molecule has 0 saturated carbocycles. The lowest BCUT2D eigenvalue weighted by molar-refractivity contribution is 0.213. The van der Waals surface area contributed by atoms with E-state index in [4.69, 9.17) is 33.7 Å². The molecular weight excluding hydrogens is 349 g/mol. The Hall–Kier alpha value is -0.740. The van der Waals surface area contributed by atoms with E-state index in [2.05, 4.69) is 15.9 Å². The number of hydrogen-bond donors (Lipinski definition) is 1. The average Bonchev–Trinajstić information content (AvgIpc) is 2.39. The zero-order valence-corrected chi connectivity index (χ0v) is 13.0. The van der Waals surface area contributed by atoms with Gasteiger partial charge in [0.1, 0.15) is 11.9 Å². The largest absolute Gasteiger partial charge is 0.483 e. The fraction of sp³-hybridized carbons (Fsp3) is 0.143. The van der Waals surface area contributed by atoms with Gasteiger partial charge >= 0.3 is 0 Å². The zero-order chi connectivity index (χ0) is 13.8. The van der Waals surface area contributed by atoms with Gasteiger partial charge in [-0.3, -0.25) is 0 Å². The number of halogens is 3. The summed E-state index contributed by atoms with van der Waals surface area (Å²) in [5.74, 6) is 0.567. The number of ether oxygens (including phenoxy) is 1. The summed E-state index contributed by atoms with van der Waals surface area (Å²) < 4.78 is 6.82. The Morgan fingerprint density at radius 3 is 2.53 bits per heavy atom. The van der Waals surface area contributed by atoms with Crippen LogP contribution in [0.4, 0.5) is 0 Å². The van der Waals surface area contributed by atoms with E-state index in [0.717, 1.165) is 10.0 Å². The van der Waals surface area contributed by atoms with Gasteiger partial charge in [-0.15, -0.1) is 0 Å². The van der Waals surface area contributed by atoms with Crippen LogP contribution in [0.25, 0.3) is 0 Å². The van der Waals surface area contributed by atoms with E-state index in [-0.39, 0.29) is 6.10 Å². The van der Waals surface area contributed by atoms with Gasteiger partial charge in [0.25, 0.3) is 0 Å². The van der Waals surface area contributed by atoms with Gasteiger partial charge in [0.15, 0.2) is 0 Å². The molecule has 0 amide bonds. The third-order valence-electron chi connectivity index (χ3n) is 2.63. The fourth-order valence-corrected chi connectivity index (χ4v) is 2.69. The van der Waals surface area contributed by atoms with Crippen LogP contribution in [0.2, 0.25) is 10.0 Å². The Morgan fingerprint density at radius 1 is 1.16 bits per heavy atom. The van der Waals surface area contributed by atoms with Crippen LogP contribution >= 0.6 is 39.1 Å². The molecule has 1 atom stereocenters. The molecular formula is C14H12BrCl2NO. The summed E-state index contributed by atoms with van der Waals surface area (Å²) in [6.45, 7) is 0.349. The first kappa shape index (κ1) is 14.7. The molecule has 2 nitrogen and oxygen atoms in total. The summed E-state index contributed by atoms with van der Waals surface area (Å²) >= 11 is 15.4. The first-order chi connectivity index (χ1) is 9.11. The molecule has 1 unspecified atom stereocenters. The summed E-state index contributed by atoms with van der Waals surface area (Å²) in [6.07, 6.45) is -0.269. The highest BCUT2D eigenvalue weighted by Crippen LogP contribution is 2.32. The highest BCUT2D eigenvalue weighted by molar-refractivity contribution is 9.10. The summed E-state index contributed by atoms with van der Waals surface area (Å²) in [5, 5.41) is 1.04. The molecule has 0 radical (unpaired) electrons. The van der Waals surface area contributed by atoms with Crippen LogP contribution in [0, 0.1) is 0 Å². The molecule has 0 aromatic heterocycles. The maximum Gasteiger partial charge on any atom is 0.139 e. The normalized spacial score (nSPS) is 12.2. The van der Waals surface area contributed by atoms with Crippen molar-refractivity contribution in [3.8, 4) is 5.75 Å². The first-order valence-electron chi connectivity index (χ1n) is 5.68. The third-order valence-corrected chi connectivity index (χ3v) is 3.88. The van der Waals surface area contributed by atoms with Crippen LogP contribution in [0.15, 0.2) is 46.9 Å². The number of nitrogens with two attached hydrogens (primary N) is 1. The molecule has 0 aliphatic carbocycles. The summed E-state index contributed by atoms with van der Waals surface area (Å²) in [6, 6.07) is 12.9. The molecule has 2 aromatic rings. The molecule has 0 saturated heterocycles. The van der Waals surface area contributed by atoms with Gasteiger partial charge in [-0.05, 0) is 24.3 Å². The summed E-state index contributed by atoms with van der Waals surface area (Å²) in [5.41, 5.74) is 6.77. The van der Waals surface area contributed by atoms with Crippen molar-refractivity contribution in [3.05, 3.63) is 62.5 Å². The van der Waals surface area contributed by atoms with Crippen LogP contribution in [0.5, 0.6) is 5.75 Å². The van der Waals surface area contributed by atoms with Gasteiger partial charge < -0.3 is 10.5 Å². The van der Waals surface area contributed by atoms with Crippen LogP contribution in [0.1, 0.15) is 11.7 Å². The molecule has 100 valence electrons.